The third-order valence-corrected chi connectivity index (χ3v) is 4.52. The molecule has 0 aromatic heterocycles. The number of sulfone groups is 1. The van der Waals surface area contributed by atoms with Gasteiger partial charge in [0.25, 0.3) is 0 Å². The highest BCUT2D eigenvalue weighted by molar-refractivity contribution is 7.90. The zero-order valence-corrected chi connectivity index (χ0v) is 14.8. The summed E-state index contributed by atoms with van der Waals surface area (Å²) in [4.78, 5) is 0.249. The van der Waals surface area contributed by atoms with Gasteiger partial charge in [0.2, 0.25) is 0 Å². The van der Waals surface area contributed by atoms with E-state index < -0.39 is 9.84 Å². The predicted octanol–water partition coefficient (Wildman–Crippen LogP) is 3.56. The van der Waals surface area contributed by atoms with E-state index in [1.165, 1.54) is 12.1 Å². The Labute approximate surface area is 145 Å². The molecule has 2 N–H and O–H groups in total. The summed E-state index contributed by atoms with van der Waals surface area (Å²) in [5.74, 6) is 0.603. The first-order chi connectivity index (χ1) is 10.8. The molecule has 0 atom stereocenters. The van der Waals surface area contributed by atoms with E-state index >= 15 is 0 Å². The second-order valence-corrected chi connectivity index (χ2v) is 7.58. The van der Waals surface area contributed by atoms with Crippen molar-refractivity contribution in [3.63, 3.8) is 0 Å². The second-order valence-electron chi connectivity index (χ2n) is 4.72. The molecule has 5 nitrogen and oxygen atoms in total. The molecule has 0 radical (unpaired) electrons. The van der Waals surface area contributed by atoms with Crippen LogP contribution in [0.25, 0.3) is 0 Å². The number of nitrogens with one attached hydrogen (secondary N) is 2. The summed E-state index contributed by atoms with van der Waals surface area (Å²) in [6.07, 6.45) is 1.16. The predicted molar refractivity (Wildman–Crippen MR) is 97.4 cm³/mol. The van der Waals surface area contributed by atoms with Gasteiger partial charge in [-0.05, 0) is 54.7 Å². The summed E-state index contributed by atoms with van der Waals surface area (Å²) in [6, 6.07) is 11.4. The van der Waals surface area contributed by atoms with E-state index in [0.717, 1.165) is 6.26 Å². The number of anilines is 2. The summed E-state index contributed by atoms with van der Waals surface area (Å²) < 4.78 is 28.1. The van der Waals surface area contributed by atoms with E-state index in [9.17, 15) is 8.42 Å². The Kier molecular flexibility index (Phi) is 5.46. The van der Waals surface area contributed by atoms with Crippen molar-refractivity contribution in [1.82, 2.24) is 0 Å². The van der Waals surface area contributed by atoms with Crippen molar-refractivity contribution in [1.29, 1.82) is 0 Å². The normalized spacial score (nSPS) is 10.9. The van der Waals surface area contributed by atoms with Gasteiger partial charge >= 0.3 is 0 Å². The van der Waals surface area contributed by atoms with Gasteiger partial charge in [0, 0.05) is 17.0 Å². The molecule has 0 aliphatic carbocycles. The number of rotatable bonds is 4. The number of halogens is 1. The maximum atomic E-state index is 11.4. The molecule has 0 saturated carbocycles. The number of ether oxygens (including phenoxy) is 1. The SMILES string of the molecule is COc1ccc(Cl)cc1NC(=S)Nc1ccc(S(C)(=O)=O)cc1. The van der Waals surface area contributed by atoms with Crippen LogP contribution in [0.4, 0.5) is 11.4 Å². The van der Waals surface area contributed by atoms with Gasteiger partial charge in [0.05, 0.1) is 17.7 Å². The van der Waals surface area contributed by atoms with E-state index in [0.29, 0.717) is 27.3 Å². The third-order valence-electron chi connectivity index (χ3n) is 2.95. The fraction of sp³-hybridized carbons (Fsp3) is 0.133. The number of hydrogen-bond donors (Lipinski definition) is 2. The van der Waals surface area contributed by atoms with Gasteiger partial charge in [0.15, 0.2) is 14.9 Å². The number of benzene rings is 2. The molecule has 0 aliphatic rings. The number of methoxy groups -OCH3 is 1. The average molecular weight is 371 g/mol. The minimum absolute atomic E-state index is 0.249. The van der Waals surface area contributed by atoms with Crippen LogP contribution in [0.5, 0.6) is 5.75 Å². The molecular weight excluding hydrogens is 356 g/mol. The first kappa shape index (κ1) is 17.5. The smallest absolute Gasteiger partial charge is 0.175 e. The number of hydrogen-bond acceptors (Lipinski definition) is 4. The Bertz CT molecular complexity index is 821. The Morgan fingerprint density at radius 2 is 1.78 bits per heavy atom. The first-order valence-electron chi connectivity index (χ1n) is 6.51. The highest BCUT2D eigenvalue weighted by Crippen LogP contribution is 2.27. The van der Waals surface area contributed by atoms with Gasteiger partial charge in [-0.25, -0.2) is 8.42 Å². The van der Waals surface area contributed by atoms with Crippen LogP contribution in [0, 0.1) is 0 Å². The van der Waals surface area contributed by atoms with Gasteiger partial charge in [0.1, 0.15) is 5.75 Å². The van der Waals surface area contributed by atoms with Crippen LogP contribution in [-0.4, -0.2) is 26.9 Å². The Hall–Kier alpha value is -1.83. The minimum Gasteiger partial charge on any atom is -0.495 e. The van der Waals surface area contributed by atoms with Crippen LogP contribution < -0.4 is 15.4 Å². The van der Waals surface area contributed by atoms with E-state index in [-0.39, 0.29) is 4.90 Å². The number of thiocarbonyl (C=S) groups is 1. The molecule has 122 valence electrons. The van der Waals surface area contributed by atoms with Crippen LogP contribution in [0.15, 0.2) is 47.4 Å². The first-order valence-corrected chi connectivity index (χ1v) is 9.19. The second kappa shape index (κ2) is 7.16. The molecule has 0 spiro atoms. The zero-order chi connectivity index (χ0) is 17.0. The maximum Gasteiger partial charge on any atom is 0.175 e. The topological polar surface area (TPSA) is 67.4 Å². The minimum atomic E-state index is -3.22. The molecule has 8 heteroatoms. The lowest BCUT2D eigenvalue weighted by Gasteiger charge is -2.14. The largest absolute Gasteiger partial charge is 0.495 e. The standard InChI is InChI=1S/C15H15ClN2O3S2/c1-21-14-8-3-10(16)9-13(14)18-15(22)17-11-4-6-12(7-5-11)23(2,19)20/h3-9H,1-2H3,(H2,17,18,22). The van der Waals surface area contributed by atoms with Crippen LogP contribution in [0.2, 0.25) is 5.02 Å². The van der Waals surface area contributed by atoms with E-state index in [4.69, 9.17) is 28.6 Å². The lowest BCUT2D eigenvalue weighted by Crippen LogP contribution is -2.19. The highest BCUT2D eigenvalue weighted by Gasteiger charge is 2.08. The highest BCUT2D eigenvalue weighted by atomic mass is 35.5. The summed E-state index contributed by atoms with van der Waals surface area (Å²) in [5, 5.41) is 6.84. The van der Waals surface area contributed by atoms with Crippen molar-refractivity contribution in [2.75, 3.05) is 24.0 Å². The Balaban J connectivity index is 2.10. The average Bonchev–Trinajstić information content (AvgIpc) is 2.47. The molecule has 2 rings (SSSR count). The van der Waals surface area contributed by atoms with Crippen molar-refractivity contribution in [3.05, 3.63) is 47.5 Å². The maximum absolute atomic E-state index is 11.4. The molecule has 2 aromatic carbocycles. The molecule has 0 fully saturated rings. The molecule has 23 heavy (non-hydrogen) atoms. The molecule has 0 heterocycles. The molecule has 0 amide bonds. The monoisotopic (exact) mass is 370 g/mol. The van der Waals surface area contributed by atoms with Gasteiger partial charge in [-0.2, -0.15) is 0 Å². The molecular formula is C15H15ClN2O3S2. The van der Waals surface area contributed by atoms with Gasteiger partial charge in [-0.3, -0.25) is 0 Å². The van der Waals surface area contributed by atoms with Crippen LogP contribution in [0.3, 0.4) is 0 Å². The van der Waals surface area contributed by atoms with Crippen molar-refractivity contribution >= 4 is 50.1 Å². The summed E-state index contributed by atoms with van der Waals surface area (Å²) in [5.41, 5.74) is 1.29. The van der Waals surface area contributed by atoms with Crippen molar-refractivity contribution in [2.45, 2.75) is 4.90 Å². The van der Waals surface area contributed by atoms with Crippen LogP contribution in [0.1, 0.15) is 0 Å². The lowest BCUT2D eigenvalue weighted by atomic mass is 10.3. The van der Waals surface area contributed by atoms with E-state index in [1.807, 2.05) is 0 Å². The molecule has 2 aromatic rings. The fourth-order valence-electron chi connectivity index (χ4n) is 1.85. The van der Waals surface area contributed by atoms with Gasteiger partial charge < -0.3 is 15.4 Å². The van der Waals surface area contributed by atoms with Crippen LogP contribution >= 0.6 is 23.8 Å². The van der Waals surface area contributed by atoms with Crippen molar-refractivity contribution in [2.24, 2.45) is 0 Å². The summed E-state index contributed by atoms with van der Waals surface area (Å²) >= 11 is 11.2. The third kappa shape index (κ3) is 4.82. The fourth-order valence-corrected chi connectivity index (χ4v) is 2.88. The Morgan fingerprint density at radius 1 is 1.13 bits per heavy atom. The summed E-state index contributed by atoms with van der Waals surface area (Å²) in [7, 11) is -1.67. The zero-order valence-electron chi connectivity index (χ0n) is 12.5. The van der Waals surface area contributed by atoms with E-state index in [1.54, 1.807) is 37.4 Å². The lowest BCUT2D eigenvalue weighted by molar-refractivity contribution is 0.417. The molecule has 0 saturated heterocycles. The van der Waals surface area contributed by atoms with Crippen LogP contribution in [-0.2, 0) is 9.84 Å². The van der Waals surface area contributed by atoms with Crippen molar-refractivity contribution < 1.29 is 13.2 Å². The molecule has 0 aliphatic heterocycles. The quantitative estimate of drug-likeness (QED) is 0.802. The van der Waals surface area contributed by atoms with Crippen molar-refractivity contribution in [3.8, 4) is 5.75 Å². The molecule has 0 unspecified atom stereocenters. The Morgan fingerprint density at radius 3 is 2.35 bits per heavy atom. The van der Waals surface area contributed by atoms with Gasteiger partial charge in [-0.15, -0.1) is 0 Å². The van der Waals surface area contributed by atoms with Gasteiger partial charge in [-0.1, -0.05) is 11.6 Å². The van der Waals surface area contributed by atoms with E-state index in [2.05, 4.69) is 10.6 Å². The molecule has 0 bridgehead atoms. The summed E-state index contributed by atoms with van der Waals surface area (Å²) in [6.45, 7) is 0.